The van der Waals surface area contributed by atoms with Crippen LogP contribution in [-0.4, -0.2) is 17.2 Å². The minimum absolute atomic E-state index is 0.0365. The molecule has 0 fully saturated rings. The van der Waals surface area contributed by atoms with Gasteiger partial charge in [-0.2, -0.15) is 13.2 Å². The number of halogens is 4. The topological polar surface area (TPSA) is 43.1 Å². The molecule has 1 aromatic carbocycles. The molecule has 0 unspecified atom stereocenters. The lowest BCUT2D eigenvalue weighted by molar-refractivity contribution is -0.0328. The van der Waals surface area contributed by atoms with Crippen molar-refractivity contribution in [2.45, 2.75) is 16.8 Å². The Bertz CT molecular complexity index is 423. The van der Waals surface area contributed by atoms with Crippen molar-refractivity contribution in [2.75, 3.05) is 11.6 Å². The second kappa shape index (κ2) is 5.64. The lowest BCUT2D eigenvalue weighted by atomic mass is 10.1. The molecule has 2 N–H and O–H groups in total. The number of alkyl halides is 4. The quantitative estimate of drug-likeness (QED) is 0.397. The maximum atomic E-state index is 12.1. The molecule has 0 aliphatic carbocycles. The first kappa shape index (κ1) is 14.2. The summed E-state index contributed by atoms with van der Waals surface area (Å²) in [5.74, 6) is -0.127. The zero-order chi connectivity index (χ0) is 13.1. The van der Waals surface area contributed by atoms with E-state index in [0.717, 1.165) is 6.07 Å². The highest BCUT2D eigenvalue weighted by molar-refractivity contribution is 8.00. The van der Waals surface area contributed by atoms with Crippen LogP contribution in [0.5, 0.6) is 0 Å². The number of ketones is 1. The van der Waals surface area contributed by atoms with E-state index in [4.69, 9.17) is 17.3 Å². The van der Waals surface area contributed by atoms with Crippen molar-refractivity contribution in [3.63, 3.8) is 0 Å². The first-order valence-electron chi connectivity index (χ1n) is 4.58. The van der Waals surface area contributed by atoms with Gasteiger partial charge in [-0.1, -0.05) is 0 Å². The standard InChI is InChI=1S/C10H9ClF3NOS/c11-4-3-9(16)7-2-1-6(5-8(7)15)17-10(12,13)14/h1-2,5H,3-4,15H2. The summed E-state index contributed by atoms with van der Waals surface area (Å²) in [6.07, 6.45) is 0.109. The highest BCUT2D eigenvalue weighted by atomic mass is 35.5. The summed E-state index contributed by atoms with van der Waals surface area (Å²) in [6.45, 7) is 0. The lowest BCUT2D eigenvalue weighted by Gasteiger charge is -2.08. The molecule has 0 saturated heterocycles. The van der Waals surface area contributed by atoms with Crippen LogP contribution in [0, 0.1) is 0 Å². The fourth-order valence-corrected chi connectivity index (χ4v) is 1.97. The molecule has 1 rings (SSSR count). The Balaban J connectivity index is 2.90. The Hall–Kier alpha value is -0.880. The second-order valence-corrected chi connectivity index (χ2v) is 4.68. The molecule has 7 heteroatoms. The van der Waals surface area contributed by atoms with Crippen molar-refractivity contribution >= 4 is 34.8 Å². The number of anilines is 1. The van der Waals surface area contributed by atoms with Crippen molar-refractivity contribution in [1.82, 2.24) is 0 Å². The minimum Gasteiger partial charge on any atom is -0.398 e. The number of nitrogen functional groups attached to an aromatic ring is 1. The molecule has 94 valence electrons. The van der Waals surface area contributed by atoms with Crippen molar-refractivity contribution in [3.8, 4) is 0 Å². The first-order valence-corrected chi connectivity index (χ1v) is 5.93. The molecule has 0 saturated carbocycles. The smallest absolute Gasteiger partial charge is 0.398 e. The summed E-state index contributed by atoms with van der Waals surface area (Å²) in [5, 5.41) is 0. The van der Waals surface area contributed by atoms with Crippen LogP contribution in [0.3, 0.4) is 0 Å². The van der Waals surface area contributed by atoms with Gasteiger partial charge in [-0.05, 0) is 30.0 Å². The van der Waals surface area contributed by atoms with Crippen LogP contribution in [0.2, 0.25) is 0 Å². The fraction of sp³-hybridized carbons (Fsp3) is 0.300. The SMILES string of the molecule is Nc1cc(SC(F)(F)F)ccc1C(=O)CCCl. The number of thioether (sulfide) groups is 1. The molecule has 0 aliphatic rings. The van der Waals surface area contributed by atoms with Gasteiger partial charge in [-0.25, -0.2) is 0 Å². The summed E-state index contributed by atoms with van der Waals surface area (Å²) >= 11 is 5.13. The molecule has 0 heterocycles. The van der Waals surface area contributed by atoms with Gasteiger partial charge in [-0.3, -0.25) is 4.79 Å². The van der Waals surface area contributed by atoms with Gasteiger partial charge in [0, 0.05) is 28.4 Å². The van der Waals surface area contributed by atoms with Crippen molar-refractivity contribution in [1.29, 1.82) is 0 Å². The van der Waals surface area contributed by atoms with Crippen LogP contribution < -0.4 is 5.73 Å². The molecular formula is C10H9ClF3NOS. The van der Waals surface area contributed by atoms with E-state index in [1.807, 2.05) is 0 Å². The number of carbonyl (C=O) groups excluding carboxylic acids is 1. The zero-order valence-electron chi connectivity index (χ0n) is 8.55. The Labute approximate surface area is 105 Å². The summed E-state index contributed by atoms with van der Waals surface area (Å²) < 4.78 is 36.3. The number of hydrogen-bond acceptors (Lipinski definition) is 3. The largest absolute Gasteiger partial charge is 0.446 e. The van der Waals surface area contributed by atoms with Gasteiger partial charge in [0.25, 0.3) is 0 Å². The zero-order valence-corrected chi connectivity index (χ0v) is 10.1. The monoisotopic (exact) mass is 283 g/mol. The van der Waals surface area contributed by atoms with Gasteiger partial charge in [0.2, 0.25) is 0 Å². The van der Waals surface area contributed by atoms with Gasteiger partial charge < -0.3 is 5.73 Å². The average Bonchev–Trinajstić information content (AvgIpc) is 2.15. The summed E-state index contributed by atoms with van der Waals surface area (Å²) in [6, 6.07) is 3.65. The van der Waals surface area contributed by atoms with Crippen LogP contribution in [0.15, 0.2) is 23.1 Å². The molecule has 0 bridgehead atoms. The van der Waals surface area contributed by atoms with E-state index in [2.05, 4.69) is 0 Å². The average molecular weight is 284 g/mol. The molecule has 0 aliphatic heterocycles. The van der Waals surface area contributed by atoms with Crippen LogP contribution >= 0.6 is 23.4 Å². The number of carbonyl (C=O) groups is 1. The Kier molecular flexibility index (Phi) is 4.70. The normalized spacial score (nSPS) is 11.5. The molecular weight excluding hydrogens is 275 g/mol. The third kappa shape index (κ3) is 4.47. The van der Waals surface area contributed by atoms with Crippen molar-refractivity contribution in [3.05, 3.63) is 23.8 Å². The molecule has 1 aromatic rings. The van der Waals surface area contributed by atoms with Crippen LogP contribution in [0.4, 0.5) is 18.9 Å². The maximum Gasteiger partial charge on any atom is 0.446 e. The minimum atomic E-state index is -4.37. The molecule has 0 amide bonds. The van der Waals surface area contributed by atoms with E-state index in [1.165, 1.54) is 12.1 Å². The summed E-state index contributed by atoms with van der Waals surface area (Å²) in [5.41, 5.74) is 1.40. The van der Waals surface area contributed by atoms with Crippen LogP contribution in [0.25, 0.3) is 0 Å². The summed E-state index contributed by atoms with van der Waals surface area (Å²) in [4.78, 5) is 11.4. The van der Waals surface area contributed by atoms with E-state index >= 15 is 0 Å². The Morgan fingerprint density at radius 3 is 2.53 bits per heavy atom. The van der Waals surface area contributed by atoms with E-state index in [1.54, 1.807) is 0 Å². The third-order valence-electron chi connectivity index (χ3n) is 1.88. The number of benzene rings is 1. The second-order valence-electron chi connectivity index (χ2n) is 3.16. The Morgan fingerprint density at radius 2 is 2.06 bits per heavy atom. The van der Waals surface area contributed by atoms with E-state index in [9.17, 15) is 18.0 Å². The summed E-state index contributed by atoms with van der Waals surface area (Å²) in [7, 11) is 0. The molecule has 0 radical (unpaired) electrons. The first-order chi connectivity index (χ1) is 7.83. The van der Waals surface area contributed by atoms with Gasteiger partial charge in [0.05, 0.1) is 0 Å². The Morgan fingerprint density at radius 1 is 1.41 bits per heavy atom. The van der Waals surface area contributed by atoms with E-state index in [0.29, 0.717) is 0 Å². The molecule has 0 atom stereocenters. The number of nitrogens with two attached hydrogens (primary N) is 1. The number of hydrogen-bond donors (Lipinski definition) is 1. The highest BCUT2D eigenvalue weighted by Crippen LogP contribution is 2.37. The maximum absolute atomic E-state index is 12.1. The molecule has 0 spiro atoms. The predicted molar refractivity (Wildman–Crippen MR) is 62.4 cm³/mol. The lowest BCUT2D eigenvalue weighted by Crippen LogP contribution is -2.05. The number of rotatable bonds is 4. The van der Waals surface area contributed by atoms with Crippen LogP contribution in [0.1, 0.15) is 16.8 Å². The number of Topliss-reactive ketones (excluding diaryl/α,β-unsaturated/α-hetero) is 1. The van der Waals surface area contributed by atoms with Crippen LogP contribution in [-0.2, 0) is 0 Å². The predicted octanol–water partition coefficient (Wildman–Crippen LogP) is 3.69. The van der Waals surface area contributed by atoms with Crippen molar-refractivity contribution in [2.24, 2.45) is 0 Å². The highest BCUT2D eigenvalue weighted by Gasteiger charge is 2.29. The molecule has 0 aromatic heterocycles. The van der Waals surface area contributed by atoms with Gasteiger partial charge in [-0.15, -0.1) is 11.6 Å². The van der Waals surface area contributed by atoms with E-state index in [-0.39, 0.29) is 46.0 Å². The fourth-order valence-electron chi connectivity index (χ4n) is 1.21. The van der Waals surface area contributed by atoms with Gasteiger partial charge in [0.15, 0.2) is 5.78 Å². The van der Waals surface area contributed by atoms with Gasteiger partial charge in [0.1, 0.15) is 0 Å². The molecule has 2 nitrogen and oxygen atoms in total. The van der Waals surface area contributed by atoms with E-state index < -0.39 is 5.51 Å². The third-order valence-corrected chi connectivity index (χ3v) is 2.79. The van der Waals surface area contributed by atoms with Gasteiger partial charge >= 0.3 is 5.51 Å². The van der Waals surface area contributed by atoms with Crippen molar-refractivity contribution < 1.29 is 18.0 Å². The molecule has 17 heavy (non-hydrogen) atoms.